The lowest BCUT2D eigenvalue weighted by Crippen LogP contribution is -2.37. The molecule has 0 unspecified atom stereocenters. The van der Waals surface area contributed by atoms with Crippen LogP contribution in [-0.4, -0.2) is 34.2 Å². The smallest absolute Gasteiger partial charge is 0.191 e. The summed E-state index contributed by atoms with van der Waals surface area (Å²) in [5.41, 5.74) is 1.82. The highest BCUT2D eigenvalue weighted by molar-refractivity contribution is 7.90. The normalized spacial score (nSPS) is 16.5. The van der Waals surface area contributed by atoms with Crippen molar-refractivity contribution in [1.82, 2.24) is 10.6 Å². The van der Waals surface area contributed by atoms with Gasteiger partial charge in [0.2, 0.25) is 0 Å². The van der Waals surface area contributed by atoms with Crippen LogP contribution < -0.4 is 10.6 Å². The van der Waals surface area contributed by atoms with Crippen molar-refractivity contribution in [2.45, 2.75) is 63.3 Å². The zero-order chi connectivity index (χ0) is 19.0. The summed E-state index contributed by atoms with van der Waals surface area (Å²) < 4.78 is 23.4. The maximum absolute atomic E-state index is 11.7. The summed E-state index contributed by atoms with van der Waals surface area (Å²) in [4.78, 5) is 4.66. The lowest BCUT2D eigenvalue weighted by atomic mass is 9.86. The Morgan fingerprint density at radius 1 is 1.19 bits per heavy atom. The first-order chi connectivity index (χ1) is 12.4. The van der Waals surface area contributed by atoms with E-state index in [1.807, 2.05) is 19.1 Å². The van der Waals surface area contributed by atoms with Crippen molar-refractivity contribution in [2.24, 2.45) is 10.9 Å². The van der Waals surface area contributed by atoms with Crippen LogP contribution in [0.25, 0.3) is 0 Å². The van der Waals surface area contributed by atoms with Crippen molar-refractivity contribution < 1.29 is 8.42 Å². The van der Waals surface area contributed by atoms with Gasteiger partial charge in [0.15, 0.2) is 15.8 Å². The van der Waals surface area contributed by atoms with E-state index in [2.05, 4.69) is 15.6 Å². The van der Waals surface area contributed by atoms with Gasteiger partial charge in [0.25, 0.3) is 0 Å². The van der Waals surface area contributed by atoms with Crippen molar-refractivity contribution in [2.75, 3.05) is 19.8 Å². The standard InChI is InChI=1S/C20H33N3O2S/c1-16-14-18(11-12-19(16)26(3,24)25)15-23-20(21-2)22-13-7-10-17-8-5-4-6-9-17/h11-12,14,17H,4-10,13,15H2,1-3H3,(H2,21,22,23). The summed E-state index contributed by atoms with van der Waals surface area (Å²) in [5.74, 6) is 1.70. The Morgan fingerprint density at radius 2 is 1.92 bits per heavy atom. The number of nitrogens with zero attached hydrogens (tertiary/aromatic N) is 1. The van der Waals surface area contributed by atoms with E-state index >= 15 is 0 Å². The number of sulfone groups is 1. The van der Waals surface area contributed by atoms with Gasteiger partial charge in [-0.05, 0) is 42.9 Å². The fraction of sp³-hybridized carbons (Fsp3) is 0.650. The van der Waals surface area contributed by atoms with E-state index in [1.54, 1.807) is 13.1 Å². The molecule has 1 saturated carbocycles. The molecule has 2 rings (SSSR count). The molecule has 5 nitrogen and oxygen atoms in total. The quantitative estimate of drug-likeness (QED) is 0.433. The Labute approximate surface area is 158 Å². The second kappa shape index (κ2) is 9.95. The van der Waals surface area contributed by atoms with Crippen molar-refractivity contribution in [3.05, 3.63) is 29.3 Å². The highest BCUT2D eigenvalue weighted by atomic mass is 32.2. The van der Waals surface area contributed by atoms with Crippen LogP contribution in [-0.2, 0) is 16.4 Å². The highest BCUT2D eigenvalue weighted by Crippen LogP contribution is 2.26. The van der Waals surface area contributed by atoms with Crippen LogP contribution in [0.5, 0.6) is 0 Å². The molecule has 0 aromatic heterocycles. The molecule has 0 amide bonds. The summed E-state index contributed by atoms with van der Waals surface area (Å²) in [6, 6.07) is 5.45. The summed E-state index contributed by atoms with van der Waals surface area (Å²) in [5, 5.41) is 6.67. The molecule has 6 heteroatoms. The van der Waals surface area contributed by atoms with Crippen LogP contribution >= 0.6 is 0 Å². The van der Waals surface area contributed by atoms with Crippen LogP contribution in [0.15, 0.2) is 28.1 Å². The summed E-state index contributed by atoms with van der Waals surface area (Å²) in [6.07, 6.45) is 10.7. The van der Waals surface area contributed by atoms with Gasteiger partial charge < -0.3 is 10.6 Å². The predicted octanol–water partition coefficient (Wildman–Crippen LogP) is 3.42. The zero-order valence-electron chi connectivity index (χ0n) is 16.3. The topological polar surface area (TPSA) is 70.6 Å². The van der Waals surface area contributed by atoms with E-state index in [0.717, 1.165) is 29.5 Å². The first-order valence-corrected chi connectivity index (χ1v) is 11.5. The first-order valence-electron chi connectivity index (χ1n) is 9.64. The molecule has 1 aromatic rings. The number of hydrogen-bond donors (Lipinski definition) is 2. The van der Waals surface area contributed by atoms with Gasteiger partial charge in [-0.3, -0.25) is 4.99 Å². The van der Waals surface area contributed by atoms with Crippen molar-refractivity contribution in [3.63, 3.8) is 0 Å². The van der Waals surface area contributed by atoms with Gasteiger partial charge in [-0.1, -0.05) is 44.2 Å². The Morgan fingerprint density at radius 3 is 2.54 bits per heavy atom. The molecule has 1 fully saturated rings. The van der Waals surface area contributed by atoms with Gasteiger partial charge in [0.1, 0.15) is 0 Å². The fourth-order valence-corrected chi connectivity index (χ4v) is 4.68. The molecule has 1 aromatic carbocycles. The van der Waals surface area contributed by atoms with Gasteiger partial charge in [-0.2, -0.15) is 0 Å². The first kappa shape index (κ1) is 20.7. The van der Waals surface area contributed by atoms with Crippen LogP contribution in [0, 0.1) is 12.8 Å². The van der Waals surface area contributed by atoms with Crippen molar-refractivity contribution in [3.8, 4) is 0 Å². The fourth-order valence-electron chi connectivity index (χ4n) is 3.72. The minimum Gasteiger partial charge on any atom is -0.356 e. The molecule has 1 aliphatic carbocycles. The summed E-state index contributed by atoms with van der Waals surface area (Å²) in [6.45, 7) is 3.38. The minimum atomic E-state index is -3.17. The summed E-state index contributed by atoms with van der Waals surface area (Å²) >= 11 is 0. The molecule has 2 N–H and O–H groups in total. The second-order valence-corrected chi connectivity index (χ2v) is 9.35. The van der Waals surface area contributed by atoms with Gasteiger partial charge in [0.05, 0.1) is 4.90 Å². The average Bonchev–Trinajstić information content (AvgIpc) is 2.61. The number of guanidine groups is 1. The molecular formula is C20H33N3O2S. The molecular weight excluding hydrogens is 346 g/mol. The van der Waals surface area contributed by atoms with E-state index < -0.39 is 9.84 Å². The second-order valence-electron chi connectivity index (χ2n) is 7.37. The van der Waals surface area contributed by atoms with Crippen LogP contribution in [0.3, 0.4) is 0 Å². The van der Waals surface area contributed by atoms with E-state index in [1.165, 1.54) is 51.2 Å². The molecule has 146 valence electrons. The van der Waals surface area contributed by atoms with Gasteiger partial charge in [-0.15, -0.1) is 0 Å². The number of aliphatic imine (C=N–C) groups is 1. The Kier molecular flexibility index (Phi) is 7.94. The average molecular weight is 380 g/mol. The number of aryl methyl sites for hydroxylation is 1. The largest absolute Gasteiger partial charge is 0.356 e. The van der Waals surface area contributed by atoms with Crippen molar-refractivity contribution in [1.29, 1.82) is 0 Å². The molecule has 0 aliphatic heterocycles. The van der Waals surface area contributed by atoms with Gasteiger partial charge in [-0.25, -0.2) is 8.42 Å². The highest BCUT2D eigenvalue weighted by Gasteiger charge is 2.13. The number of benzene rings is 1. The molecule has 0 heterocycles. The molecule has 0 bridgehead atoms. The SMILES string of the molecule is CN=C(NCCCC1CCCCC1)NCc1ccc(S(C)(=O)=O)c(C)c1. The Bertz CT molecular complexity index is 708. The van der Waals surface area contributed by atoms with E-state index in [4.69, 9.17) is 0 Å². The molecule has 0 spiro atoms. The summed E-state index contributed by atoms with van der Waals surface area (Å²) in [7, 11) is -1.39. The third-order valence-electron chi connectivity index (χ3n) is 5.13. The minimum absolute atomic E-state index is 0.395. The van der Waals surface area contributed by atoms with Crippen LogP contribution in [0.4, 0.5) is 0 Å². The maximum Gasteiger partial charge on any atom is 0.191 e. The molecule has 0 atom stereocenters. The van der Waals surface area contributed by atoms with Gasteiger partial charge in [0, 0.05) is 26.4 Å². The lowest BCUT2D eigenvalue weighted by molar-refractivity contribution is 0.332. The third kappa shape index (κ3) is 6.63. The van der Waals surface area contributed by atoms with E-state index in [-0.39, 0.29) is 0 Å². The zero-order valence-corrected chi connectivity index (χ0v) is 17.2. The predicted molar refractivity (Wildman–Crippen MR) is 108 cm³/mol. The van der Waals surface area contributed by atoms with Crippen molar-refractivity contribution >= 4 is 15.8 Å². The van der Waals surface area contributed by atoms with E-state index in [0.29, 0.717) is 11.4 Å². The maximum atomic E-state index is 11.7. The monoisotopic (exact) mass is 379 g/mol. The third-order valence-corrected chi connectivity index (χ3v) is 6.39. The Balaban J connectivity index is 1.75. The van der Waals surface area contributed by atoms with Crippen LogP contribution in [0.1, 0.15) is 56.1 Å². The molecule has 0 saturated heterocycles. The number of hydrogen-bond acceptors (Lipinski definition) is 3. The molecule has 26 heavy (non-hydrogen) atoms. The van der Waals surface area contributed by atoms with Gasteiger partial charge >= 0.3 is 0 Å². The van der Waals surface area contributed by atoms with E-state index in [9.17, 15) is 8.42 Å². The molecule has 1 aliphatic rings. The molecule has 0 radical (unpaired) electrons. The Hall–Kier alpha value is -1.56. The van der Waals surface area contributed by atoms with Crippen LogP contribution in [0.2, 0.25) is 0 Å². The lowest BCUT2D eigenvalue weighted by Gasteiger charge is -2.21. The number of rotatable bonds is 7. The number of nitrogens with one attached hydrogen (secondary N) is 2.